The van der Waals surface area contributed by atoms with Gasteiger partial charge in [0, 0.05) is 17.8 Å². The maximum absolute atomic E-state index is 11.8. The van der Waals surface area contributed by atoms with Crippen LogP contribution in [0.2, 0.25) is 5.02 Å². The number of carbonyl (C=O) groups is 1. The van der Waals surface area contributed by atoms with E-state index in [0.29, 0.717) is 42.8 Å². The van der Waals surface area contributed by atoms with Crippen molar-refractivity contribution in [1.29, 1.82) is 0 Å². The molecule has 1 aromatic carbocycles. The van der Waals surface area contributed by atoms with Crippen molar-refractivity contribution in [2.24, 2.45) is 0 Å². The maximum atomic E-state index is 11.8. The third-order valence-corrected chi connectivity index (χ3v) is 7.47. The van der Waals surface area contributed by atoms with Crippen LogP contribution in [0.1, 0.15) is 54.4 Å². The molecule has 0 radical (unpaired) electrons. The van der Waals surface area contributed by atoms with Crippen LogP contribution in [0, 0.1) is 0 Å². The number of anilines is 1. The average Bonchev–Trinajstić information content (AvgIpc) is 3.24. The van der Waals surface area contributed by atoms with Crippen LogP contribution in [0.5, 0.6) is 5.75 Å². The van der Waals surface area contributed by atoms with E-state index in [-0.39, 0.29) is 12.6 Å². The third-order valence-electron chi connectivity index (χ3n) is 5.99. The fourth-order valence-corrected chi connectivity index (χ4v) is 5.70. The van der Waals surface area contributed by atoms with Gasteiger partial charge in [-0.15, -0.1) is 11.3 Å². The van der Waals surface area contributed by atoms with Gasteiger partial charge < -0.3 is 19.5 Å². The number of aryl methyl sites for hydroxylation is 2. The zero-order valence-corrected chi connectivity index (χ0v) is 21.9. The number of benzene rings is 1. The lowest BCUT2D eigenvalue weighted by Crippen LogP contribution is -2.15. The second kappa shape index (κ2) is 12.5. The summed E-state index contributed by atoms with van der Waals surface area (Å²) in [5.41, 5.74) is 2.42. The molecule has 0 saturated carbocycles. The minimum Gasteiger partial charge on any atom is -0.495 e. The van der Waals surface area contributed by atoms with Crippen molar-refractivity contribution in [2.45, 2.75) is 58.4 Å². The number of nitrogens with one attached hydrogen (secondary N) is 1. The molecule has 188 valence electrons. The predicted octanol–water partition coefficient (Wildman–Crippen LogP) is 5.75. The van der Waals surface area contributed by atoms with Gasteiger partial charge in [-0.2, -0.15) is 0 Å². The normalized spacial score (nSPS) is 13.0. The summed E-state index contributed by atoms with van der Waals surface area (Å²) in [5, 5.41) is 5.24. The molecule has 0 saturated heterocycles. The Morgan fingerprint density at radius 3 is 2.86 bits per heavy atom. The highest BCUT2D eigenvalue weighted by Gasteiger charge is 2.21. The number of nitrogens with zero attached hydrogens (tertiary/aromatic N) is 2. The Morgan fingerprint density at radius 1 is 1.20 bits per heavy atom. The second-order valence-corrected chi connectivity index (χ2v) is 10.1. The molecular formula is C26H32ClN3O4S. The molecule has 35 heavy (non-hydrogen) atoms. The Kier molecular flexibility index (Phi) is 9.18. The molecule has 0 unspecified atom stereocenters. The molecule has 2 aromatic heterocycles. The van der Waals surface area contributed by atoms with E-state index < -0.39 is 0 Å². The van der Waals surface area contributed by atoms with Gasteiger partial charge in [0.05, 0.1) is 30.7 Å². The van der Waals surface area contributed by atoms with E-state index in [2.05, 4.69) is 12.2 Å². The lowest BCUT2D eigenvalue weighted by Gasteiger charge is -2.14. The first-order valence-corrected chi connectivity index (χ1v) is 13.4. The molecule has 0 spiro atoms. The number of ether oxygens (including phenoxy) is 3. The van der Waals surface area contributed by atoms with Crippen molar-refractivity contribution in [3.63, 3.8) is 0 Å². The number of unbranched alkanes of at least 4 members (excludes halogenated alkanes) is 1. The second-order valence-electron chi connectivity index (χ2n) is 8.58. The van der Waals surface area contributed by atoms with Gasteiger partial charge in [-0.1, -0.05) is 31.0 Å². The number of rotatable bonds is 12. The van der Waals surface area contributed by atoms with Crippen molar-refractivity contribution < 1.29 is 19.0 Å². The molecule has 1 aliphatic rings. The molecule has 0 fully saturated rings. The lowest BCUT2D eigenvalue weighted by atomic mass is 9.97. The number of hydrogen-bond donors (Lipinski definition) is 1. The van der Waals surface area contributed by atoms with Crippen LogP contribution < -0.4 is 10.1 Å². The number of thiophene rings is 1. The number of halogens is 1. The Labute approximate surface area is 215 Å². The molecular weight excluding hydrogens is 486 g/mol. The Morgan fingerprint density at radius 2 is 2.06 bits per heavy atom. The van der Waals surface area contributed by atoms with E-state index in [0.717, 1.165) is 47.3 Å². The summed E-state index contributed by atoms with van der Waals surface area (Å²) in [6.07, 6.45) is 6.94. The van der Waals surface area contributed by atoms with E-state index in [4.69, 9.17) is 35.8 Å². The number of aromatic nitrogens is 2. The van der Waals surface area contributed by atoms with Crippen molar-refractivity contribution in [3.05, 3.63) is 45.1 Å². The number of fused-ring (bicyclic) bond motifs is 3. The summed E-state index contributed by atoms with van der Waals surface area (Å²) >= 11 is 8.08. The van der Waals surface area contributed by atoms with Crippen LogP contribution in [0.3, 0.4) is 0 Å². The van der Waals surface area contributed by atoms with Gasteiger partial charge in [0.15, 0.2) is 0 Å². The molecule has 3 aromatic rings. The van der Waals surface area contributed by atoms with E-state index in [1.165, 1.54) is 23.3 Å². The van der Waals surface area contributed by atoms with Crippen molar-refractivity contribution in [3.8, 4) is 5.75 Å². The number of methoxy groups -OCH3 is 1. The molecule has 9 heteroatoms. The van der Waals surface area contributed by atoms with Crippen molar-refractivity contribution in [1.82, 2.24) is 9.97 Å². The summed E-state index contributed by atoms with van der Waals surface area (Å²) in [6, 6.07) is 5.77. The van der Waals surface area contributed by atoms with Crippen molar-refractivity contribution >= 4 is 44.9 Å². The monoisotopic (exact) mass is 517 g/mol. The van der Waals surface area contributed by atoms with Crippen LogP contribution in [-0.4, -0.2) is 42.9 Å². The van der Waals surface area contributed by atoms with Gasteiger partial charge in [0.25, 0.3) is 0 Å². The number of hydrogen-bond acceptors (Lipinski definition) is 8. The number of esters is 1. The van der Waals surface area contributed by atoms with E-state index in [9.17, 15) is 4.79 Å². The summed E-state index contributed by atoms with van der Waals surface area (Å²) < 4.78 is 15.9. The van der Waals surface area contributed by atoms with Crippen LogP contribution in [-0.2, 0) is 40.1 Å². The van der Waals surface area contributed by atoms with Crippen LogP contribution in [0.25, 0.3) is 10.2 Å². The van der Waals surface area contributed by atoms with Gasteiger partial charge in [-0.25, -0.2) is 14.8 Å². The summed E-state index contributed by atoms with van der Waals surface area (Å²) in [5.74, 6) is 1.87. The Hall–Kier alpha value is -2.42. The van der Waals surface area contributed by atoms with E-state index in [1.807, 2.05) is 18.2 Å². The molecule has 4 rings (SSSR count). The van der Waals surface area contributed by atoms with Gasteiger partial charge in [0.2, 0.25) is 0 Å². The van der Waals surface area contributed by atoms with Gasteiger partial charge in [-0.05, 0) is 55.4 Å². The molecule has 0 aliphatic heterocycles. The highest BCUT2D eigenvalue weighted by molar-refractivity contribution is 7.19. The molecule has 0 bridgehead atoms. The molecule has 7 nitrogen and oxygen atoms in total. The average molecular weight is 518 g/mol. The van der Waals surface area contributed by atoms with Crippen LogP contribution in [0.4, 0.5) is 5.82 Å². The Balaban J connectivity index is 1.47. The quantitative estimate of drug-likeness (QED) is 0.242. The minimum absolute atomic E-state index is 0.0530. The highest BCUT2D eigenvalue weighted by atomic mass is 35.5. The first-order chi connectivity index (χ1) is 17.1. The largest absolute Gasteiger partial charge is 0.495 e. The molecule has 1 N–H and O–H groups in total. The van der Waals surface area contributed by atoms with Crippen molar-refractivity contribution in [2.75, 3.05) is 32.2 Å². The van der Waals surface area contributed by atoms with Gasteiger partial charge >= 0.3 is 5.97 Å². The van der Waals surface area contributed by atoms with Crippen LogP contribution in [0.15, 0.2) is 18.2 Å². The first-order valence-electron chi connectivity index (χ1n) is 12.2. The SMILES string of the molecule is CCCCOC(=O)COCCc1nc(NCc2ccc(OC)c(Cl)c2)c2c3c(sc2n1)CCCC3. The maximum Gasteiger partial charge on any atom is 0.332 e. The lowest BCUT2D eigenvalue weighted by molar-refractivity contribution is -0.149. The van der Waals surface area contributed by atoms with Gasteiger partial charge in [0.1, 0.15) is 28.8 Å². The topological polar surface area (TPSA) is 82.6 Å². The fourth-order valence-electron chi connectivity index (χ4n) is 4.14. The van der Waals surface area contributed by atoms with Crippen LogP contribution >= 0.6 is 22.9 Å². The summed E-state index contributed by atoms with van der Waals surface area (Å²) in [4.78, 5) is 23.9. The van der Waals surface area contributed by atoms with E-state index in [1.54, 1.807) is 18.4 Å². The Bertz CT molecular complexity index is 1170. The molecule has 0 atom stereocenters. The van der Waals surface area contributed by atoms with E-state index >= 15 is 0 Å². The summed E-state index contributed by atoms with van der Waals surface area (Å²) in [7, 11) is 1.61. The number of carbonyl (C=O) groups excluding carboxylic acids is 1. The minimum atomic E-state index is -0.332. The fraction of sp³-hybridized carbons (Fsp3) is 0.500. The molecule has 1 aliphatic carbocycles. The highest BCUT2D eigenvalue weighted by Crippen LogP contribution is 2.39. The third kappa shape index (κ3) is 6.63. The van der Waals surface area contributed by atoms with Gasteiger partial charge in [-0.3, -0.25) is 0 Å². The predicted molar refractivity (Wildman–Crippen MR) is 140 cm³/mol. The summed E-state index contributed by atoms with van der Waals surface area (Å²) in [6.45, 7) is 3.38. The zero-order chi connectivity index (χ0) is 24.6. The zero-order valence-electron chi connectivity index (χ0n) is 20.3. The first kappa shape index (κ1) is 25.7. The smallest absolute Gasteiger partial charge is 0.332 e. The standard InChI is InChI=1S/C26H32ClN3O4S/c1-3-4-12-34-23(31)16-33-13-11-22-29-25(28-15-17-9-10-20(32-2)19(27)14-17)24-18-7-5-6-8-21(18)35-26(24)30-22/h9-10,14H,3-8,11-13,15-16H2,1-2H3,(H,28,29,30). The molecule has 2 heterocycles. The molecule has 0 amide bonds.